The number of aryl methyl sites for hydroxylation is 2. The molecule has 108 valence electrons. The zero-order valence-corrected chi connectivity index (χ0v) is 13.3. The van der Waals surface area contributed by atoms with Crippen LogP contribution in [0.1, 0.15) is 24.7 Å². The average molecular weight is 304 g/mol. The molecule has 0 aliphatic rings. The second-order valence-electron chi connectivity index (χ2n) is 4.43. The van der Waals surface area contributed by atoms with E-state index in [1.54, 1.807) is 25.6 Å². The Kier molecular flexibility index (Phi) is 5.05. The summed E-state index contributed by atoms with van der Waals surface area (Å²) < 4.78 is 28.2. The molecule has 1 rings (SSSR count). The largest absolute Gasteiger partial charge is 0.392 e. The van der Waals surface area contributed by atoms with Crippen LogP contribution in [0.25, 0.3) is 0 Å². The second-order valence-corrected chi connectivity index (χ2v) is 6.83. The molecule has 1 aromatic rings. The first-order valence-electron chi connectivity index (χ1n) is 6.00. The van der Waals surface area contributed by atoms with Crippen molar-refractivity contribution in [2.24, 2.45) is 12.8 Å². The van der Waals surface area contributed by atoms with Crippen LogP contribution in [0.4, 0.5) is 0 Å². The molecule has 1 heterocycles. The number of hydrogen-bond acceptors (Lipinski definition) is 4. The zero-order chi connectivity index (χ0) is 14.8. The summed E-state index contributed by atoms with van der Waals surface area (Å²) >= 11 is 4.83. The maximum atomic E-state index is 12.7. The Hall–Kier alpha value is -0.990. The lowest BCUT2D eigenvalue weighted by molar-refractivity contribution is 0.448. The molecule has 0 unspecified atom stereocenters. The Morgan fingerprint density at radius 3 is 2.42 bits per heavy atom. The van der Waals surface area contributed by atoms with E-state index in [-0.39, 0.29) is 16.4 Å². The number of hydrogen-bond donors (Lipinski definition) is 1. The molecule has 1 aromatic heterocycles. The Balaban J connectivity index is 3.30. The van der Waals surface area contributed by atoms with Crippen molar-refractivity contribution in [2.75, 3.05) is 13.1 Å². The van der Waals surface area contributed by atoms with Gasteiger partial charge >= 0.3 is 0 Å². The fourth-order valence-electron chi connectivity index (χ4n) is 1.96. The molecule has 0 saturated carbocycles. The standard InChI is InChI=1S/C11H20N4O2S2/c1-5-6-15(7-10(12)18)19(16,17)11-8(2)13-14(4)9(11)3/h5-7H2,1-4H3,(H2,12,18). The van der Waals surface area contributed by atoms with Crippen molar-refractivity contribution in [1.29, 1.82) is 0 Å². The second kappa shape index (κ2) is 5.98. The van der Waals surface area contributed by atoms with Crippen molar-refractivity contribution >= 4 is 27.2 Å². The summed E-state index contributed by atoms with van der Waals surface area (Å²) in [5.74, 6) is 0. The summed E-state index contributed by atoms with van der Waals surface area (Å²) in [6.45, 7) is 5.76. The van der Waals surface area contributed by atoms with E-state index < -0.39 is 10.0 Å². The molecule has 0 aliphatic carbocycles. The first kappa shape index (κ1) is 16.1. The van der Waals surface area contributed by atoms with Crippen LogP contribution in [0.3, 0.4) is 0 Å². The van der Waals surface area contributed by atoms with Gasteiger partial charge in [-0.15, -0.1) is 0 Å². The van der Waals surface area contributed by atoms with Crippen molar-refractivity contribution in [3.05, 3.63) is 11.4 Å². The van der Waals surface area contributed by atoms with Crippen LogP contribution in [-0.2, 0) is 17.1 Å². The number of thiocarbonyl (C=S) groups is 1. The molecular formula is C11H20N4O2S2. The summed E-state index contributed by atoms with van der Waals surface area (Å²) in [5.41, 5.74) is 6.59. The molecule has 8 heteroatoms. The topological polar surface area (TPSA) is 81.2 Å². The van der Waals surface area contributed by atoms with Gasteiger partial charge in [0.1, 0.15) is 4.90 Å². The molecule has 19 heavy (non-hydrogen) atoms. The van der Waals surface area contributed by atoms with E-state index >= 15 is 0 Å². The number of sulfonamides is 1. The van der Waals surface area contributed by atoms with Crippen LogP contribution in [-0.4, -0.2) is 40.6 Å². The zero-order valence-electron chi connectivity index (χ0n) is 11.7. The van der Waals surface area contributed by atoms with Crippen LogP contribution in [0.15, 0.2) is 4.90 Å². The fourth-order valence-corrected chi connectivity index (χ4v) is 4.11. The first-order chi connectivity index (χ1) is 8.71. The lowest BCUT2D eigenvalue weighted by atomic mass is 10.4. The fraction of sp³-hybridized carbons (Fsp3) is 0.636. The highest BCUT2D eigenvalue weighted by Crippen LogP contribution is 2.23. The van der Waals surface area contributed by atoms with E-state index in [2.05, 4.69) is 5.10 Å². The Morgan fingerprint density at radius 1 is 1.47 bits per heavy atom. The minimum absolute atomic E-state index is 0.0548. The summed E-state index contributed by atoms with van der Waals surface area (Å²) in [6, 6.07) is 0. The summed E-state index contributed by atoms with van der Waals surface area (Å²) in [7, 11) is -1.89. The number of aromatic nitrogens is 2. The van der Waals surface area contributed by atoms with Gasteiger partial charge in [-0.3, -0.25) is 4.68 Å². The van der Waals surface area contributed by atoms with Gasteiger partial charge in [0.2, 0.25) is 10.0 Å². The van der Waals surface area contributed by atoms with Gasteiger partial charge in [0.15, 0.2) is 0 Å². The average Bonchev–Trinajstić information content (AvgIpc) is 2.52. The SMILES string of the molecule is CCCN(CC(N)=S)S(=O)(=O)c1c(C)nn(C)c1C. The highest BCUT2D eigenvalue weighted by molar-refractivity contribution is 7.89. The van der Waals surface area contributed by atoms with Gasteiger partial charge in [0.25, 0.3) is 0 Å². The van der Waals surface area contributed by atoms with Crippen molar-refractivity contribution < 1.29 is 8.42 Å². The van der Waals surface area contributed by atoms with Gasteiger partial charge in [0, 0.05) is 13.6 Å². The molecular weight excluding hydrogens is 284 g/mol. The molecule has 0 saturated heterocycles. The lowest BCUT2D eigenvalue weighted by Crippen LogP contribution is -2.38. The van der Waals surface area contributed by atoms with Crippen molar-refractivity contribution in [3.8, 4) is 0 Å². The minimum atomic E-state index is -3.62. The third-order valence-electron chi connectivity index (χ3n) is 2.85. The summed E-state index contributed by atoms with van der Waals surface area (Å²) in [4.78, 5) is 0.413. The number of nitrogens with two attached hydrogens (primary N) is 1. The lowest BCUT2D eigenvalue weighted by Gasteiger charge is -2.21. The predicted molar refractivity (Wildman–Crippen MR) is 78.5 cm³/mol. The molecule has 0 bridgehead atoms. The van der Waals surface area contributed by atoms with E-state index in [0.717, 1.165) is 0 Å². The van der Waals surface area contributed by atoms with Crippen LogP contribution >= 0.6 is 12.2 Å². The van der Waals surface area contributed by atoms with Crippen LogP contribution < -0.4 is 5.73 Å². The number of nitrogens with zero attached hydrogens (tertiary/aromatic N) is 3. The molecule has 0 aliphatic heterocycles. The third kappa shape index (κ3) is 3.31. The Morgan fingerprint density at radius 2 is 2.05 bits per heavy atom. The minimum Gasteiger partial charge on any atom is -0.392 e. The molecule has 0 radical (unpaired) electrons. The Labute approximate surface area is 119 Å². The quantitative estimate of drug-likeness (QED) is 0.783. The van der Waals surface area contributed by atoms with Crippen molar-refractivity contribution in [1.82, 2.24) is 14.1 Å². The molecule has 0 amide bonds. The monoisotopic (exact) mass is 304 g/mol. The smallest absolute Gasteiger partial charge is 0.247 e. The summed E-state index contributed by atoms with van der Waals surface area (Å²) in [6.07, 6.45) is 0.695. The molecule has 0 spiro atoms. The molecule has 6 nitrogen and oxygen atoms in total. The highest BCUT2D eigenvalue weighted by atomic mass is 32.2. The third-order valence-corrected chi connectivity index (χ3v) is 5.07. The number of rotatable bonds is 6. The van der Waals surface area contributed by atoms with E-state index in [9.17, 15) is 8.42 Å². The van der Waals surface area contributed by atoms with E-state index in [1.807, 2.05) is 6.92 Å². The predicted octanol–water partition coefficient (Wildman–Crippen LogP) is 0.724. The van der Waals surface area contributed by atoms with Gasteiger partial charge < -0.3 is 5.73 Å². The summed E-state index contributed by atoms with van der Waals surface area (Å²) in [5, 5.41) is 4.15. The van der Waals surface area contributed by atoms with Gasteiger partial charge in [-0.05, 0) is 20.3 Å². The van der Waals surface area contributed by atoms with Gasteiger partial charge in [0.05, 0.1) is 22.9 Å². The molecule has 0 fully saturated rings. The highest BCUT2D eigenvalue weighted by Gasteiger charge is 2.30. The van der Waals surface area contributed by atoms with Crippen LogP contribution in [0.5, 0.6) is 0 Å². The van der Waals surface area contributed by atoms with Gasteiger partial charge in [-0.2, -0.15) is 9.40 Å². The van der Waals surface area contributed by atoms with Gasteiger partial charge in [-0.25, -0.2) is 8.42 Å². The van der Waals surface area contributed by atoms with Crippen LogP contribution in [0, 0.1) is 13.8 Å². The van der Waals surface area contributed by atoms with Crippen molar-refractivity contribution in [3.63, 3.8) is 0 Å². The van der Waals surface area contributed by atoms with Gasteiger partial charge in [-0.1, -0.05) is 19.1 Å². The maximum absolute atomic E-state index is 12.7. The van der Waals surface area contributed by atoms with Crippen LogP contribution in [0.2, 0.25) is 0 Å². The molecule has 0 aromatic carbocycles. The van der Waals surface area contributed by atoms with E-state index in [4.69, 9.17) is 18.0 Å². The maximum Gasteiger partial charge on any atom is 0.247 e. The molecule has 0 atom stereocenters. The van der Waals surface area contributed by atoms with Crippen molar-refractivity contribution in [2.45, 2.75) is 32.1 Å². The van der Waals surface area contributed by atoms with E-state index in [1.165, 1.54) is 4.31 Å². The first-order valence-corrected chi connectivity index (χ1v) is 7.85. The van der Waals surface area contributed by atoms with E-state index in [0.29, 0.717) is 24.4 Å². The normalized spacial score (nSPS) is 12.1. The molecule has 2 N–H and O–H groups in total. The Bertz CT molecular complexity index is 578.